The summed E-state index contributed by atoms with van der Waals surface area (Å²) in [6, 6.07) is 3.21. The van der Waals surface area contributed by atoms with Gasteiger partial charge < -0.3 is 21.0 Å². The van der Waals surface area contributed by atoms with Gasteiger partial charge in [0, 0.05) is 23.4 Å². The molecular weight excluding hydrogens is 492 g/mol. The summed E-state index contributed by atoms with van der Waals surface area (Å²) < 4.78 is 2.16. The van der Waals surface area contributed by atoms with E-state index in [0.717, 1.165) is 30.6 Å². The fraction of sp³-hybridized carbons (Fsp3) is 0.364. The number of nitrogens with zero attached hydrogens (tertiary/aromatic N) is 4. The molecule has 0 bridgehead atoms. The molecule has 13 heteroatoms. The van der Waals surface area contributed by atoms with Crippen LogP contribution in [-0.2, 0) is 38.6 Å². The summed E-state index contributed by atoms with van der Waals surface area (Å²) in [4.78, 5) is 47.9. The molecule has 0 saturated carbocycles. The molecule has 4 N–H and O–H groups in total. The Balaban J connectivity index is 1.36. The van der Waals surface area contributed by atoms with Crippen molar-refractivity contribution in [1.29, 1.82) is 0 Å². The monoisotopic (exact) mass is 515 g/mol. The second-order valence-corrected chi connectivity index (χ2v) is 10.5. The molecule has 1 fully saturated rings. The Labute approximate surface area is 208 Å². The number of nitrogen functional groups attached to an aromatic ring is 1. The van der Waals surface area contributed by atoms with Gasteiger partial charge in [-0.05, 0) is 25.0 Å². The Bertz CT molecular complexity index is 1270. The lowest BCUT2D eigenvalue weighted by atomic mass is 10.0. The van der Waals surface area contributed by atoms with Gasteiger partial charge in [-0.1, -0.05) is 5.16 Å². The van der Waals surface area contributed by atoms with Gasteiger partial charge >= 0.3 is 5.97 Å². The van der Waals surface area contributed by atoms with Crippen LogP contribution in [0.2, 0.25) is 0 Å². The van der Waals surface area contributed by atoms with Crippen molar-refractivity contribution in [3.8, 4) is 0 Å². The lowest BCUT2D eigenvalue weighted by Crippen LogP contribution is -2.71. The smallest absolute Gasteiger partial charge is 0.352 e. The summed E-state index contributed by atoms with van der Waals surface area (Å²) >= 11 is 2.59. The third kappa shape index (κ3) is 4.25. The number of thioether (sulfide) groups is 1. The second-order valence-electron chi connectivity index (χ2n) is 8.26. The zero-order valence-corrected chi connectivity index (χ0v) is 20.3. The number of oxime groups is 1. The number of hydrogen-bond donors (Lipinski definition) is 3. The number of nitrogens with two attached hydrogens (primary N) is 1. The lowest BCUT2D eigenvalue weighted by molar-refractivity contribution is -0.702. The van der Waals surface area contributed by atoms with Crippen LogP contribution in [0.15, 0.2) is 40.6 Å². The van der Waals surface area contributed by atoms with Crippen LogP contribution >= 0.6 is 23.1 Å². The van der Waals surface area contributed by atoms with E-state index in [-0.39, 0.29) is 27.5 Å². The SMILES string of the molecule is CO/N=C(\C(=O)N[C@@H]1C(=O)N2C(C(=O)O)=CC(C[n+]3cccc4c3CCC4)S[C@H]12)c1csc(N)n1. The fourth-order valence-corrected chi connectivity index (χ4v) is 6.66. The maximum atomic E-state index is 13.0. The third-order valence-corrected chi connectivity index (χ3v) is 8.22. The van der Waals surface area contributed by atoms with Crippen molar-refractivity contribution in [3.05, 3.63) is 52.4 Å². The Morgan fingerprint density at radius 3 is 2.97 bits per heavy atom. The zero-order valence-electron chi connectivity index (χ0n) is 18.7. The highest BCUT2D eigenvalue weighted by Gasteiger charge is 2.55. The number of amides is 2. The van der Waals surface area contributed by atoms with Gasteiger partial charge in [0.15, 0.2) is 29.3 Å². The maximum absolute atomic E-state index is 13.0. The molecule has 11 nitrogen and oxygen atoms in total. The van der Waals surface area contributed by atoms with E-state index in [2.05, 4.69) is 26.1 Å². The van der Waals surface area contributed by atoms with Crippen LogP contribution in [0.5, 0.6) is 0 Å². The van der Waals surface area contributed by atoms with Crippen LogP contribution in [0.1, 0.15) is 23.4 Å². The normalized spacial score (nSPS) is 23.2. The number of hydrogen-bond acceptors (Lipinski definition) is 9. The van der Waals surface area contributed by atoms with E-state index in [1.54, 1.807) is 11.5 Å². The van der Waals surface area contributed by atoms with E-state index in [1.165, 1.54) is 35.0 Å². The van der Waals surface area contributed by atoms with Crippen molar-refractivity contribution in [2.45, 2.75) is 42.5 Å². The van der Waals surface area contributed by atoms with Gasteiger partial charge in [-0.3, -0.25) is 14.5 Å². The predicted molar refractivity (Wildman–Crippen MR) is 128 cm³/mol. The number of carbonyl (C=O) groups is 3. The van der Waals surface area contributed by atoms with E-state index < -0.39 is 29.2 Å². The molecule has 1 saturated heterocycles. The first-order valence-electron chi connectivity index (χ1n) is 10.9. The highest BCUT2D eigenvalue weighted by atomic mass is 32.2. The molecule has 3 atom stereocenters. The van der Waals surface area contributed by atoms with Gasteiger partial charge in [0.2, 0.25) is 0 Å². The minimum Gasteiger partial charge on any atom is -0.477 e. The molecule has 2 amide bonds. The number of β-lactam (4-membered cyclic amide) rings is 1. The second kappa shape index (κ2) is 9.30. The molecule has 35 heavy (non-hydrogen) atoms. The lowest BCUT2D eigenvalue weighted by Gasteiger charge is -2.49. The van der Waals surface area contributed by atoms with Crippen LogP contribution < -0.4 is 15.6 Å². The highest BCUT2D eigenvalue weighted by molar-refractivity contribution is 8.00. The number of rotatable bonds is 7. The van der Waals surface area contributed by atoms with Gasteiger partial charge in [0.05, 0.1) is 5.25 Å². The molecule has 0 aromatic carbocycles. The first-order valence-corrected chi connectivity index (χ1v) is 12.8. The van der Waals surface area contributed by atoms with Crippen molar-refractivity contribution >= 4 is 51.7 Å². The summed E-state index contributed by atoms with van der Waals surface area (Å²) in [6.45, 7) is 0.568. The Morgan fingerprint density at radius 1 is 1.43 bits per heavy atom. The van der Waals surface area contributed by atoms with Gasteiger partial charge in [0.1, 0.15) is 29.9 Å². The van der Waals surface area contributed by atoms with E-state index >= 15 is 0 Å². The number of nitrogens with one attached hydrogen (secondary N) is 1. The van der Waals surface area contributed by atoms with E-state index in [4.69, 9.17) is 10.6 Å². The average Bonchev–Trinajstić information content (AvgIpc) is 3.49. The van der Waals surface area contributed by atoms with Crippen LogP contribution in [0.4, 0.5) is 5.13 Å². The molecule has 5 rings (SSSR count). The predicted octanol–water partition coefficient (Wildman–Crippen LogP) is 0.289. The molecule has 182 valence electrons. The van der Waals surface area contributed by atoms with E-state index in [0.29, 0.717) is 6.54 Å². The number of aliphatic carboxylic acids is 1. The topological polar surface area (TPSA) is 151 Å². The number of aryl methyl sites for hydroxylation is 1. The summed E-state index contributed by atoms with van der Waals surface area (Å²) in [5.74, 6) is -2.33. The highest BCUT2D eigenvalue weighted by Crippen LogP contribution is 2.41. The Hall–Kier alpha value is -3.45. The zero-order chi connectivity index (χ0) is 24.7. The maximum Gasteiger partial charge on any atom is 0.352 e. The number of pyridine rings is 1. The number of carbonyl (C=O) groups excluding carboxylic acids is 2. The third-order valence-electron chi connectivity index (χ3n) is 6.15. The molecule has 1 unspecified atom stereocenters. The van der Waals surface area contributed by atoms with Crippen LogP contribution in [0.25, 0.3) is 0 Å². The first-order chi connectivity index (χ1) is 16.9. The Morgan fingerprint density at radius 2 is 2.26 bits per heavy atom. The molecule has 4 heterocycles. The molecule has 2 aromatic heterocycles. The number of thiazole rings is 1. The van der Waals surface area contributed by atoms with Crippen molar-refractivity contribution < 1.29 is 28.9 Å². The minimum absolute atomic E-state index is 0.0690. The summed E-state index contributed by atoms with van der Waals surface area (Å²) in [5.41, 5.74) is 8.29. The molecule has 2 aromatic rings. The van der Waals surface area contributed by atoms with E-state index in [1.807, 2.05) is 12.3 Å². The molecule has 2 aliphatic heterocycles. The fourth-order valence-electron chi connectivity index (χ4n) is 4.62. The molecule has 3 aliphatic rings. The van der Waals surface area contributed by atoms with Crippen molar-refractivity contribution in [3.63, 3.8) is 0 Å². The quantitative estimate of drug-likeness (QED) is 0.206. The minimum atomic E-state index is -1.18. The molecule has 1 aliphatic carbocycles. The van der Waals surface area contributed by atoms with Crippen molar-refractivity contribution in [2.24, 2.45) is 5.16 Å². The average molecular weight is 516 g/mol. The van der Waals surface area contributed by atoms with Gasteiger partial charge in [-0.25, -0.2) is 14.3 Å². The Kier molecular flexibility index (Phi) is 6.19. The number of fused-ring (bicyclic) bond motifs is 2. The van der Waals surface area contributed by atoms with Crippen LogP contribution in [0.3, 0.4) is 0 Å². The van der Waals surface area contributed by atoms with Crippen LogP contribution in [0, 0.1) is 0 Å². The number of carboxylic acid groups (broad SMARTS) is 1. The standard InChI is InChI=1S/C22H22N6O5S2/c1-33-26-16(13-10-34-22(23)24-13)18(29)25-17-19(30)28-15(21(31)32)8-12(35-20(17)28)9-27-7-3-5-11-4-2-6-14(11)27/h3,5,7-8,10,12,17,20H,2,4,6,9H2,1H3,(H3-,23,24,25,29,31,32)/p+1/b26-16-/t12?,17-,20-/m1/s1. The van der Waals surface area contributed by atoms with E-state index in [9.17, 15) is 19.5 Å². The number of anilines is 1. The molecule has 0 radical (unpaired) electrons. The molecular formula is C22H23N6O5S2+. The summed E-state index contributed by atoms with van der Waals surface area (Å²) in [5, 5.41) is 17.3. The first kappa shape index (κ1) is 23.3. The van der Waals surface area contributed by atoms with Gasteiger partial charge in [-0.2, -0.15) is 0 Å². The van der Waals surface area contributed by atoms with Gasteiger partial charge in [0.25, 0.3) is 11.8 Å². The summed E-state index contributed by atoms with van der Waals surface area (Å²) in [6.07, 6.45) is 6.75. The van der Waals surface area contributed by atoms with Gasteiger partial charge in [-0.15, -0.1) is 23.1 Å². The summed E-state index contributed by atoms with van der Waals surface area (Å²) in [7, 11) is 1.29. The van der Waals surface area contributed by atoms with Crippen molar-refractivity contribution in [2.75, 3.05) is 12.8 Å². The van der Waals surface area contributed by atoms with Crippen LogP contribution in [-0.4, -0.2) is 62.3 Å². The largest absolute Gasteiger partial charge is 0.477 e. The number of aromatic nitrogens is 2. The molecule has 0 spiro atoms. The van der Waals surface area contributed by atoms with Crippen molar-refractivity contribution in [1.82, 2.24) is 15.2 Å². The number of carboxylic acids is 1.